The van der Waals surface area contributed by atoms with E-state index in [1.165, 1.54) is 0 Å². The molecule has 0 spiro atoms. The highest BCUT2D eigenvalue weighted by Gasteiger charge is 2.26. The SMILES string of the molecule is O=CC1CCCN1c1ncccc1Br. The molecule has 1 aliphatic rings. The molecule has 14 heavy (non-hydrogen) atoms. The lowest BCUT2D eigenvalue weighted by molar-refractivity contribution is -0.108. The van der Waals surface area contributed by atoms with E-state index in [-0.39, 0.29) is 6.04 Å². The first kappa shape index (κ1) is 9.65. The van der Waals surface area contributed by atoms with Gasteiger partial charge in [0, 0.05) is 12.7 Å². The van der Waals surface area contributed by atoms with Gasteiger partial charge in [0.2, 0.25) is 0 Å². The summed E-state index contributed by atoms with van der Waals surface area (Å²) in [5.41, 5.74) is 0. The van der Waals surface area contributed by atoms with Gasteiger partial charge in [0.05, 0.1) is 10.5 Å². The zero-order chi connectivity index (χ0) is 9.97. The van der Waals surface area contributed by atoms with E-state index in [2.05, 4.69) is 25.8 Å². The maximum atomic E-state index is 10.8. The van der Waals surface area contributed by atoms with Gasteiger partial charge < -0.3 is 9.69 Å². The van der Waals surface area contributed by atoms with Crippen LogP contribution in [0.5, 0.6) is 0 Å². The van der Waals surface area contributed by atoms with Crippen LogP contribution >= 0.6 is 15.9 Å². The van der Waals surface area contributed by atoms with Gasteiger partial charge in [0.25, 0.3) is 0 Å². The van der Waals surface area contributed by atoms with Crippen LogP contribution in [0.1, 0.15) is 12.8 Å². The highest BCUT2D eigenvalue weighted by Crippen LogP contribution is 2.28. The molecule has 0 N–H and O–H groups in total. The molecule has 1 atom stereocenters. The minimum atomic E-state index is 0.00111. The Labute approximate surface area is 91.3 Å². The first-order chi connectivity index (χ1) is 6.83. The first-order valence-electron chi connectivity index (χ1n) is 4.65. The quantitative estimate of drug-likeness (QED) is 0.758. The van der Waals surface area contributed by atoms with Crippen LogP contribution in [0.2, 0.25) is 0 Å². The van der Waals surface area contributed by atoms with Crippen LogP contribution in [0.25, 0.3) is 0 Å². The Bertz CT molecular complexity index is 343. The molecular formula is C10H11BrN2O. The molecule has 1 fully saturated rings. The number of pyridine rings is 1. The van der Waals surface area contributed by atoms with Gasteiger partial charge in [-0.3, -0.25) is 0 Å². The minimum Gasteiger partial charge on any atom is -0.346 e. The fourth-order valence-corrected chi connectivity index (χ4v) is 2.27. The second-order valence-corrected chi connectivity index (χ2v) is 4.20. The number of aldehydes is 1. The van der Waals surface area contributed by atoms with Crippen LogP contribution in [0.3, 0.4) is 0 Å². The topological polar surface area (TPSA) is 33.2 Å². The molecule has 3 nitrogen and oxygen atoms in total. The molecular weight excluding hydrogens is 244 g/mol. The average Bonchev–Trinajstić information content (AvgIpc) is 2.66. The number of carbonyl (C=O) groups is 1. The largest absolute Gasteiger partial charge is 0.346 e. The molecule has 1 aliphatic heterocycles. The zero-order valence-corrected chi connectivity index (χ0v) is 9.27. The third-order valence-electron chi connectivity index (χ3n) is 2.47. The summed E-state index contributed by atoms with van der Waals surface area (Å²) in [4.78, 5) is 17.1. The summed E-state index contributed by atoms with van der Waals surface area (Å²) in [6.45, 7) is 0.916. The number of anilines is 1. The van der Waals surface area contributed by atoms with Gasteiger partial charge in [-0.05, 0) is 40.9 Å². The summed E-state index contributed by atoms with van der Waals surface area (Å²) >= 11 is 3.44. The fraction of sp³-hybridized carbons (Fsp3) is 0.400. The highest BCUT2D eigenvalue weighted by molar-refractivity contribution is 9.10. The van der Waals surface area contributed by atoms with Crippen LogP contribution < -0.4 is 4.90 Å². The Morgan fingerprint density at radius 2 is 2.50 bits per heavy atom. The van der Waals surface area contributed by atoms with Crippen molar-refractivity contribution in [1.29, 1.82) is 0 Å². The number of carbonyl (C=O) groups excluding carboxylic acids is 1. The lowest BCUT2D eigenvalue weighted by atomic mass is 10.2. The minimum absolute atomic E-state index is 0.00111. The normalized spacial score (nSPS) is 21.2. The van der Waals surface area contributed by atoms with E-state index in [9.17, 15) is 4.79 Å². The molecule has 0 aliphatic carbocycles. The molecule has 1 aromatic heterocycles. The molecule has 1 unspecified atom stereocenters. The maximum absolute atomic E-state index is 10.8. The van der Waals surface area contributed by atoms with Crippen molar-refractivity contribution in [2.75, 3.05) is 11.4 Å². The van der Waals surface area contributed by atoms with Crippen molar-refractivity contribution < 1.29 is 4.79 Å². The molecule has 2 heterocycles. The molecule has 74 valence electrons. The third kappa shape index (κ3) is 1.66. The molecule has 4 heteroatoms. The Hall–Kier alpha value is -0.900. The molecule has 1 aromatic rings. The Kier molecular flexibility index (Phi) is 2.82. The number of hydrogen-bond acceptors (Lipinski definition) is 3. The van der Waals surface area contributed by atoms with Crippen molar-refractivity contribution in [3.8, 4) is 0 Å². The van der Waals surface area contributed by atoms with Crippen molar-refractivity contribution in [3.63, 3.8) is 0 Å². The van der Waals surface area contributed by atoms with E-state index in [4.69, 9.17) is 0 Å². The van der Waals surface area contributed by atoms with E-state index < -0.39 is 0 Å². The summed E-state index contributed by atoms with van der Waals surface area (Å²) in [7, 11) is 0. The molecule has 1 saturated heterocycles. The van der Waals surface area contributed by atoms with Gasteiger partial charge in [0.1, 0.15) is 12.1 Å². The number of hydrogen-bond donors (Lipinski definition) is 0. The molecule has 0 aromatic carbocycles. The standard InChI is InChI=1S/C10H11BrN2O/c11-9-4-1-5-12-10(9)13-6-2-3-8(13)7-14/h1,4-5,7-8H,2-3,6H2. The van der Waals surface area contributed by atoms with Gasteiger partial charge in [-0.25, -0.2) is 4.98 Å². The van der Waals surface area contributed by atoms with Crippen LogP contribution in [0.4, 0.5) is 5.82 Å². The monoisotopic (exact) mass is 254 g/mol. The van der Waals surface area contributed by atoms with Gasteiger partial charge in [0.15, 0.2) is 0 Å². The number of nitrogens with zero attached hydrogens (tertiary/aromatic N) is 2. The summed E-state index contributed by atoms with van der Waals surface area (Å²) in [5, 5.41) is 0. The predicted molar refractivity (Wildman–Crippen MR) is 58.4 cm³/mol. The summed E-state index contributed by atoms with van der Waals surface area (Å²) in [6.07, 6.45) is 4.76. The predicted octanol–water partition coefficient (Wildman–Crippen LogP) is 2.01. The zero-order valence-electron chi connectivity index (χ0n) is 7.69. The fourth-order valence-electron chi connectivity index (χ4n) is 1.79. The highest BCUT2D eigenvalue weighted by atomic mass is 79.9. The van der Waals surface area contributed by atoms with Crippen LogP contribution in [-0.2, 0) is 4.79 Å². The van der Waals surface area contributed by atoms with E-state index in [0.717, 1.165) is 36.0 Å². The lowest BCUT2D eigenvalue weighted by Crippen LogP contribution is -2.31. The van der Waals surface area contributed by atoms with E-state index in [1.807, 2.05) is 12.1 Å². The van der Waals surface area contributed by atoms with Crippen molar-refractivity contribution in [1.82, 2.24) is 4.98 Å². The van der Waals surface area contributed by atoms with Crippen LogP contribution in [0, 0.1) is 0 Å². The number of halogens is 1. The summed E-state index contributed by atoms with van der Waals surface area (Å²) in [5.74, 6) is 0.877. The van der Waals surface area contributed by atoms with E-state index in [0.29, 0.717) is 0 Å². The van der Waals surface area contributed by atoms with E-state index in [1.54, 1.807) is 6.20 Å². The summed E-state index contributed by atoms with van der Waals surface area (Å²) < 4.78 is 0.953. The molecule has 0 bridgehead atoms. The Morgan fingerprint density at radius 1 is 1.64 bits per heavy atom. The number of rotatable bonds is 2. The van der Waals surface area contributed by atoms with Crippen molar-refractivity contribution in [3.05, 3.63) is 22.8 Å². The van der Waals surface area contributed by atoms with Gasteiger partial charge in [-0.2, -0.15) is 0 Å². The Morgan fingerprint density at radius 3 is 3.21 bits per heavy atom. The summed E-state index contributed by atoms with van der Waals surface area (Å²) in [6, 6.07) is 3.82. The molecule has 2 rings (SSSR count). The average molecular weight is 255 g/mol. The molecule has 0 saturated carbocycles. The van der Waals surface area contributed by atoms with E-state index >= 15 is 0 Å². The van der Waals surface area contributed by atoms with Crippen LogP contribution in [0.15, 0.2) is 22.8 Å². The first-order valence-corrected chi connectivity index (χ1v) is 5.44. The Balaban J connectivity index is 2.30. The smallest absolute Gasteiger partial charge is 0.143 e. The van der Waals surface area contributed by atoms with Gasteiger partial charge in [-0.15, -0.1) is 0 Å². The maximum Gasteiger partial charge on any atom is 0.143 e. The number of aromatic nitrogens is 1. The second kappa shape index (κ2) is 4.09. The van der Waals surface area contributed by atoms with Crippen molar-refractivity contribution >= 4 is 28.0 Å². The van der Waals surface area contributed by atoms with Crippen molar-refractivity contribution in [2.24, 2.45) is 0 Å². The third-order valence-corrected chi connectivity index (χ3v) is 3.09. The molecule has 0 radical (unpaired) electrons. The molecule has 0 amide bonds. The second-order valence-electron chi connectivity index (χ2n) is 3.35. The lowest BCUT2D eigenvalue weighted by Gasteiger charge is -2.22. The van der Waals surface area contributed by atoms with Gasteiger partial charge in [-0.1, -0.05) is 0 Å². The van der Waals surface area contributed by atoms with Gasteiger partial charge >= 0.3 is 0 Å². The van der Waals surface area contributed by atoms with Crippen molar-refractivity contribution in [2.45, 2.75) is 18.9 Å². The van der Waals surface area contributed by atoms with Crippen LogP contribution in [-0.4, -0.2) is 23.9 Å².